The van der Waals surface area contributed by atoms with E-state index >= 15 is 0 Å². The third-order valence-corrected chi connectivity index (χ3v) is 6.92. The van der Waals surface area contributed by atoms with Crippen LogP contribution >= 0.6 is 0 Å². The first-order valence-electron chi connectivity index (χ1n) is 11.4. The second kappa shape index (κ2) is 8.82. The van der Waals surface area contributed by atoms with Crippen LogP contribution in [-0.2, 0) is 13.6 Å². The molecule has 1 amide bonds. The van der Waals surface area contributed by atoms with Gasteiger partial charge in [0.05, 0.1) is 16.8 Å². The van der Waals surface area contributed by atoms with Gasteiger partial charge in [0.2, 0.25) is 0 Å². The van der Waals surface area contributed by atoms with Gasteiger partial charge in [-0.25, -0.2) is 4.68 Å². The zero-order valence-corrected chi connectivity index (χ0v) is 19.5. The molecule has 7 nitrogen and oxygen atoms in total. The van der Waals surface area contributed by atoms with Crippen LogP contribution in [0, 0.1) is 20.8 Å². The molecule has 1 saturated heterocycles. The molecule has 3 aromatic rings. The maximum Gasteiger partial charge on any atom is 0.279 e. The number of para-hydroxylation sites is 1. The third-order valence-electron chi connectivity index (χ3n) is 6.92. The predicted octanol–water partition coefficient (Wildman–Crippen LogP) is 3.15. The molecule has 2 aromatic heterocycles. The molecular formula is C25H33N5O2. The number of hydrogen-bond acceptors (Lipinski definition) is 3. The Balaban J connectivity index is 1.84. The Morgan fingerprint density at radius 3 is 2.19 bits per heavy atom. The number of rotatable bonds is 6. The fourth-order valence-corrected chi connectivity index (χ4v) is 5.11. The Labute approximate surface area is 189 Å². The average molecular weight is 436 g/mol. The molecule has 2 N–H and O–H groups in total. The molecule has 7 heteroatoms. The van der Waals surface area contributed by atoms with Crippen LogP contribution in [0.5, 0.6) is 0 Å². The highest BCUT2D eigenvalue weighted by Crippen LogP contribution is 2.33. The number of nitrogens with two attached hydrogens (primary N) is 1. The van der Waals surface area contributed by atoms with Crippen molar-refractivity contribution in [1.82, 2.24) is 18.8 Å². The number of likely N-dealkylation sites (tertiary alicyclic amines) is 1. The van der Waals surface area contributed by atoms with Gasteiger partial charge in [0, 0.05) is 42.8 Å². The number of nitrogens with zero attached hydrogens (tertiary/aromatic N) is 4. The van der Waals surface area contributed by atoms with E-state index < -0.39 is 5.91 Å². The summed E-state index contributed by atoms with van der Waals surface area (Å²) in [7, 11) is 1.87. The van der Waals surface area contributed by atoms with Crippen LogP contribution in [0.4, 0.5) is 0 Å². The van der Waals surface area contributed by atoms with E-state index in [1.165, 1.54) is 19.3 Å². The van der Waals surface area contributed by atoms with Crippen molar-refractivity contribution in [2.75, 3.05) is 19.6 Å². The largest absolute Gasteiger partial charge is 0.366 e. The third kappa shape index (κ3) is 3.71. The molecule has 0 aliphatic carbocycles. The lowest BCUT2D eigenvalue weighted by atomic mass is 10.0. The molecule has 0 spiro atoms. The summed E-state index contributed by atoms with van der Waals surface area (Å²) in [6.07, 6.45) is 3.78. The van der Waals surface area contributed by atoms with Crippen LogP contribution in [0.3, 0.4) is 0 Å². The topological polar surface area (TPSA) is 78.2 Å². The lowest BCUT2D eigenvalue weighted by Gasteiger charge is -2.27. The van der Waals surface area contributed by atoms with E-state index in [0.29, 0.717) is 16.7 Å². The highest BCUT2D eigenvalue weighted by molar-refractivity contribution is 6.02. The minimum Gasteiger partial charge on any atom is -0.366 e. The molecule has 32 heavy (non-hydrogen) atoms. The number of piperidine rings is 1. The molecule has 1 aromatic carbocycles. The van der Waals surface area contributed by atoms with E-state index in [-0.39, 0.29) is 5.56 Å². The van der Waals surface area contributed by atoms with Crippen LogP contribution in [0.15, 0.2) is 35.1 Å². The summed E-state index contributed by atoms with van der Waals surface area (Å²) >= 11 is 0. The molecule has 0 saturated carbocycles. The minimum atomic E-state index is -0.494. The van der Waals surface area contributed by atoms with Gasteiger partial charge in [-0.2, -0.15) is 0 Å². The van der Waals surface area contributed by atoms with Gasteiger partial charge in [0.1, 0.15) is 0 Å². The van der Waals surface area contributed by atoms with Crippen molar-refractivity contribution in [3.05, 3.63) is 63.3 Å². The van der Waals surface area contributed by atoms with E-state index in [0.717, 1.165) is 48.9 Å². The molecule has 0 atom stereocenters. The first-order valence-corrected chi connectivity index (χ1v) is 11.4. The van der Waals surface area contributed by atoms with Crippen molar-refractivity contribution in [3.8, 4) is 16.8 Å². The normalized spacial score (nSPS) is 14.8. The number of primary amides is 1. The Morgan fingerprint density at radius 2 is 1.56 bits per heavy atom. The van der Waals surface area contributed by atoms with Crippen molar-refractivity contribution < 1.29 is 4.79 Å². The van der Waals surface area contributed by atoms with E-state index in [9.17, 15) is 9.59 Å². The lowest BCUT2D eigenvalue weighted by molar-refractivity contribution is 0.1000. The minimum absolute atomic E-state index is 0.144. The summed E-state index contributed by atoms with van der Waals surface area (Å²) in [6, 6.07) is 9.55. The van der Waals surface area contributed by atoms with Crippen LogP contribution in [0.25, 0.3) is 16.8 Å². The molecule has 170 valence electrons. The summed E-state index contributed by atoms with van der Waals surface area (Å²) in [6.45, 7) is 9.78. The molecule has 0 bridgehead atoms. The van der Waals surface area contributed by atoms with Crippen LogP contribution < -0.4 is 11.3 Å². The molecule has 0 unspecified atom stereocenters. The maximum absolute atomic E-state index is 13.6. The number of carbonyl (C=O) groups excluding carboxylic acids is 1. The average Bonchev–Trinajstić information content (AvgIpc) is 3.16. The van der Waals surface area contributed by atoms with Crippen molar-refractivity contribution in [1.29, 1.82) is 0 Å². The fraction of sp³-hybridized carbons (Fsp3) is 0.440. The SMILES string of the molecule is Cc1c(C(N)=O)c(-c2c(C)n(C)n(-c3ccccc3)c2=O)c(C)n1CCN1CCCCC1. The Morgan fingerprint density at radius 1 is 0.906 bits per heavy atom. The lowest BCUT2D eigenvalue weighted by Crippen LogP contribution is -2.32. The molecule has 1 aliphatic rings. The Hall–Kier alpha value is -3.06. The number of hydrogen-bond donors (Lipinski definition) is 1. The quantitative estimate of drug-likeness (QED) is 0.646. The molecule has 1 fully saturated rings. The first kappa shape index (κ1) is 22.1. The van der Waals surface area contributed by atoms with E-state index in [4.69, 9.17) is 5.73 Å². The Kier molecular flexibility index (Phi) is 6.11. The van der Waals surface area contributed by atoms with Gasteiger partial charge in [-0.15, -0.1) is 0 Å². The van der Waals surface area contributed by atoms with Gasteiger partial charge in [-0.05, 0) is 58.8 Å². The summed E-state index contributed by atoms with van der Waals surface area (Å²) in [5.74, 6) is -0.494. The number of amides is 1. The number of aromatic nitrogens is 3. The van der Waals surface area contributed by atoms with Crippen LogP contribution in [0.2, 0.25) is 0 Å². The zero-order chi connectivity index (χ0) is 23.0. The van der Waals surface area contributed by atoms with E-state index in [1.807, 2.05) is 62.8 Å². The Bertz CT molecular complexity index is 1190. The summed E-state index contributed by atoms with van der Waals surface area (Å²) in [5.41, 5.74) is 10.7. The van der Waals surface area contributed by atoms with Gasteiger partial charge >= 0.3 is 0 Å². The number of carbonyl (C=O) groups is 1. The first-order chi connectivity index (χ1) is 15.3. The van der Waals surface area contributed by atoms with E-state index in [1.54, 1.807) is 4.68 Å². The second-order valence-electron chi connectivity index (χ2n) is 8.78. The molecular weight excluding hydrogens is 402 g/mol. The van der Waals surface area contributed by atoms with Crippen molar-refractivity contribution in [2.45, 2.75) is 46.6 Å². The fourth-order valence-electron chi connectivity index (χ4n) is 5.11. The van der Waals surface area contributed by atoms with Crippen molar-refractivity contribution >= 4 is 5.91 Å². The number of benzene rings is 1. The zero-order valence-electron chi connectivity index (χ0n) is 19.5. The summed E-state index contributed by atoms with van der Waals surface area (Å²) < 4.78 is 5.65. The van der Waals surface area contributed by atoms with Crippen molar-refractivity contribution in [3.63, 3.8) is 0 Å². The van der Waals surface area contributed by atoms with Gasteiger partial charge < -0.3 is 15.2 Å². The van der Waals surface area contributed by atoms with Crippen LogP contribution in [-0.4, -0.2) is 44.4 Å². The summed E-state index contributed by atoms with van der Waals surface area (Å²) in [5, 5.41) is 0. The van der Waals surface area contributed by atoms with Gasteiger partial charge in [-0.3, -0.25) is 14.3 Å². The smallest absolute Gasteiger partial charge is 0.279 e. The summed E-state index contributed by atoms with van der Waals surface area (Å²) in [4.78, 5) is 28.7. The predicted molar refractivity (Wildman–Crippen MR) is 127 cm³/mol. The van der Waals surface area contributed by atoms with Gasteiger partial charge in [0.25, 0.3) is 11.5 Å². The molecule has 1 aliphatic heterocycles. The van der Waals surface area contributed by atoms with Gasteiger partial charge in [-0.1, -0.05) is 24.6 Å². The monoisotopic (exact) mass is 435 g/mol. The van der Waals surface area contributed by atoms with Crippen molar-refractivity contribution in [2.24, 2.45) is 12.8 Å². The second-order valence-corrected chi connectivity index (χ2v) is 8.78. The van der Waals surface area contributed by atoms with Gasteiger partial charge in [0.15, 0.2) is 0 Å². The highest BCUT2D eigenvalue weighted by Gasteiger charge is 2.28. The molecule has 0 radical (unpaired) electrons. The molecule has 3 heterocycles. The van der Waals surface area contributed by atoms with Crippen LogP contribution in [0.1, 0.15) is 46.7 Å². The highest BCUT2D eigenvalue weighted by atomic mass is 16.1. The standard InChI is InChI=1S/C25H33N5O2/c1-17-23(25(32)30(27(17)4)20-11-7-5-8-12-20)21-18(2)29(19(3)22(21)24(26)31)16-15-28-13-9-6-10-14-28/h5,7-8,11-12H,6,9-10,13-16H2,1-4H3,(H2,26,31). The van der Waals surface area contributed by atoms with E-state index in [2.05, 4.69) is 9.47 Å². The molecule has 4 rings (SSSR count). The maximum atomic E-state index is 13.6.